The van der Waals surface area contributed by atoms with Gasteiger partial charge in [-0.1, -0.05) is 12.1 Å². The molecule has 0 aliphatic carbocycles. The van der Waals surface area contributed by atoms with Crippen LogP contribution >= 0.6 is 0 Å². The van der Waals surface area contributed by atoms with Crippen LogP contribution in [0.25, 0.3) is 0 Å². The molecule has 0 saturated carbocycles. The van der Waals surface area contributed by atoms with Crippen molar-refractivity contribution in [3.8, 4) is 5.75 Å². The van der Waals surface area contributed by atoms with Gasteiger partial charge in [0.25, 0.3) is 0 Å². The third-order valence-electron chi connectivity index (χ3n) is 4.15. The number of para-hydroxylation sites is 1. The first-order valence-corrected chi connectivity index (χ1v) is 8.70. The lowest BCUT2D eigenvalue weighted by molar-refractivity contribution is -0.289. The zero-order valence-corrected chi connectivity index (χ0v) is 15.7. The van der Waals surface area contributed by atoms with Gasteiger partial charge in [-0.3, -0.25) is 5.73 Å². The molecule has 0 radical (unpaired) electrons. The summed E-state index contributed by atoms with van der Waals surface area (Å²) >= 11 is 0. The zero-order valence-electron chi connectivity index (χ0n) is 15.7. The maximum atomic E-state index is 13.8. The first-order chi connectivity index (χ1) is 12.7. The molecule has 1 aromatic carbocycles. The van der Waals surface area contributed by atoms with E-state index in [4.69, 9.17) is 15.2 Å². The number of benzene rings is 1. The molecule has 0 spiro atoms. The normalized spacial score (nSPS) is 19.5. The van der Waals surface area contributed by atoms with Gasteiger partial charge in [-0.25, -0.2) is 4.79 Å². The molecule has 5 nitrogen and oxygen atoms in total. The van der Waals surface area contributed by atoms with Crippen LogP contribution in [0.15, 0.2) is 24.3 Å². The van der Waals surface area contributed by atoms with E-state index < -0.39 is 47.4 Å². The third-order valence-corrected chi connectivity index (χ3v) is 4.15. The van der Waals surface area contributed by atoms with Gasteiger partial charge in [0.15, 0.2) is 6.23 Å². The van der Waals surface area contributed by atoms with Gasteiger partial charge in [-0.05, 0) is 45.7 Å². The highest BCUT2D eigenvalue weighted by Gasteiger charge is 2.60. The molecule has 0 bridgehead atoms. The molecule has 0 unspecified atom stereocenters. The molecule has 2 atom stereocenters. The van der Waals surface area contributed by atoms with Gasteiger partial charge in [0.2, 0.25) is 0 Å². The second kappa shape index (κ2) is 7.73. The molecular formula is C18H23F5N2O3. The molecule has 158 valence electrons. The third kappa shape index (κ3) is 4.84. The number of carbonyl (C=O) groups is 1. The monoisotopic (exact) mass is 410 g/mol. The largest absolute Gasteiger partial charge is 0.473 e. The van der Waals surface area contributed by atoms with E-state index in [9.17, 15) is 26.7 Å². The van der Waals surface area contributed by atoms with Crippen molar-refractivity contribution in [3.63, 3.8) is 0 Å². The average molecular weight is 410 g/mol. The van der Waals surface area contributed by atoms with E-state index in [1.54, 1.807) is 20.8 Å². The van der Waals surface area contributed by atoms with Gasteiger partial charge in [-0.2, -0.15) is 22.0 Å². The topological polar surface area (TPSA) is 64.8 Å². The van der Waals surface area contributed by atoms with Crippen molar-refractivity contribution < 1.29 is 36.2 Å². The van der Waals surface area contributed by atoms with E-state index in [1.165, 1.54) is 11.0 Å². The first kappa shape index (κ1) is 22.2. The molecule has 2 N–H and O–H groups in total. The van der Waals surface area contributed by atoms with Crippen LogP contribution in [-0.2, 0) is 10.7 Å². The second-order valence-electron chi connectivity index (χ2n) is 7.53. The molecule has 1 fully saturated rings. The number of likely N-dealkylation sites (tertiary alicyclic amines) is 1. The van der Waals surface area contributed by atoms with E-state index >= 15 is 0 Å². The Kier molecular flexibility index (Phi) is 6.13. The van der Waals surface area contributed by atoms with Crippen LogP contribution in [0, 0.1) is 0 Å². The van der Waals surface area contributed by atoms with Crippen molar-refractivity contribution in [2.75, 3.05) is 6.54 Å². The minimum atomic E-state index is -5.79. The van der Waals surface area contributed by atoms with Gasteiger partial charge in [0.1, 0.15) is 11.4 Å². The fourth-order valence-corrected chi connectivity index (χ4v) is 2.89. The Morgan fingerprint density at radius 2 is 1.79 bits per heavy atom. The molecule has 1 amide bonds. The first-order valence-electron chi connectivity index (χ1n) is 8.70. The highest BCUT2D eigenvalue weighted by Crippen LogP contribution is 2.47. The van der Waals surface area contributed by atoms with Gasteiger partial charge < -0.3 is 14.4 Å². The lowest BCUT2D eigenvalue weighted by atomic mass is 10.1. The number of hydrogen-bond donors (Lipinski definition) is 1. The SMILES string of the molecule is CC(C)(C)OC(=O)N1CCC[C@H]1[C@H](N)Oc1ccccc1C(F)(F)C(F)(F)F. The number of halogens is 5. The maximum Gasteiger partial charge on any atom is 0.458 e. The predicted octanol–water partition coefficient (Wildman–Crippen LogP) is 4.40. The summed E-state index contributed by atoms with van der Waals surface area (Å²) in [6, 6.07) is 3.22. The standard InChI is InChI=1S/C18H23F5N2O3/c1-16(2,3)28-15(26)25-10-6-8-12(25)14(24)27-13-9-5-4-7-11(13)17(19,20)18(21,22)23/h4-5,7,9,12,14H,6,8,10,24H2,1-3H3/t12-,14+/m0/s1. The Bertz CT molecular complexity index is 703. The van der Waals surface area contributed by atoms with E-state index in [1.807, 2.05) is 0 Å². The Morgan fingerprint density at radius 3 is 2.36 bits per heavy atom. The second-order valence-corrected chi connectivity index (χ2v) is 7.53. The number of nitrogens with zero attached hydrogens (tertiary/aromatic N) is 1. The molecule has 0 aromatic heterocycles. The van der Waals surface area contributed by atoms with Crippen LogP contribution in [0.1, 0.15) is 39.2 Å². The number of ether oxygens (including phenoxy) is 2. The van der Waals surface area contributed by atoms with Crippen molar-refractivity contribution in [2.45, 2.75) is 63.6 Å². The highest BCUT2D eigenvalue weighted by atomic mass is 19.4. The number of amides is 1. The minimum Gasteiger partial charge on any atom is -0.473 e. The van der Waals surface area contributed by atoms with Gasteiger partial charge in [0, 0.05) is 6.54 Å². The fourth-order valence-electron chi connectivity index (χ4n) is 2.89. The summed E-state index contributed by atoms with van der Waals surface area (Å²) in [5.74, 6) is -5.79. The van der Waals surface area contributed by atoms with E-state index in [-0.39, 0.29) is 0 Å². The van der Waals surface area contributed by atoms with Crippen LogP contribution < -0.4 is 10.5 Å². The summed E-state index contributed by atoms with van der Waals surface area (Å²) in [5, 5.41) is 0. The smallest absolute Gasteiger partial charge is 0.458 e. The Morgan fingerprint density at radius 1 is 1.18 bits per heavy atom. The molecule has 1 aliphatic heterocycles. The van der Waals surface area contributed by atoms with Crippen LogP contribution in [0.2, 0.25) is 0 Å². The lowest BCUT2D eigenvalue weighted by Crippen LogP contribution is -2.51. The van der Waals surface area contributed by atoms with E-state index in [0.29, 0.717) is 25.5 Å². The molecule has 1 saturated heterocycles. The maximum absolute atomic E-state index is 13.8. The minimum absolute atomic E-state index is 0.316. The van der Waals surface area contributed by atoms with Crippen LogP contribution in [0.4, 0.5) is 26.7 Å². The number of carbonyl (C=O) groups excluding carboxylic acids is 1. The molecule has 1 aliphatic rings. The molecule has 2 rings (SSSR count). The highest BCUT2D eigenvalue weighted by molar-refractivity contribution is 5.69. The number of hydrogen-bond acceptors (Lipinski definition) is 4. The Balaban J connectivity index is 2.21. The predicted molar refractivity (Wildman–Crippen MR) is 91.0 cm³/mol. The number of rotatable bonds is 4. The summed E-state index contributed by atoms with van der Waals surface area (Å²) in [4.78, 5) is 13.6. The van der Waals surface area contributed by atoms with Crippen molar-refractivity contribution in [1.29, 1.82) is 0 Å². The number of nitrogens with two attached hydrogens (primary N) is 1. The van der Waals surface area contributed by atoms with E-state index in [0.717, 1.165) is 12.1 Å². The van der Waals surface area contributed by atoms with Crippen LogP contribution in [0.3, 0.4) is 0 Å². The summed E-state index contributed by atoms with van der Waals surface area (Å²) in [5.41, 5.74) is 3.84. The van der Waals surface area contributed by atoms with Gasteiger partial charge in [-0.15, -0.1) is 0 Å². The van der Waals surface area contributed by atoms with Gasteiger partial charge >= 0.3 is 18.2 Å². The zero-order chi connectivity index (χ0) is 21.3. The summed E-state index contributed by atoms with van der Waals surface area (Å²) in [6.45, 7) is 5.36. The van der Waals surface area contributed by atoms with Crippen LogP contribution in [-0.4, -0.2) is 41.6 Å². The lowest BCUT2D eigenvalue weighted by Gasteiger charge is -2.32. The number of alkyl halides is 5. The van der Waals surface area contributed by atoms with Gasteiger partial charge in [0.05, 0.1) is 11.6 Å². The van der Waals surface area contributed by atoms with Crippen molar-refractivity contribution >= 4 is 6.09 Å². The van der Waals surface area contributed by atoms with E-state index in [2.05, 4.69) is 0 Å². The van der Waals surface area contributed by atoms with Crippen molar-refractivity contribution in [1.82, 2.24) is 4.90 Å². The summed E-state index contributed by atoms with van der Waals surface area (Å²) < 4.78 is 76.4. The molecule has 10 heteroatoms. The van der Waals surface area contributed by atoms with Crippen molar-refractivity contribution in [3.05, 3.63) is 29.8 Å². The molecular weight excluding hydrogens is 387 g/mol. The molecule has 28 heavy (non-hydrogen) atoms. The molecule has 1 aromatic rings. The molecule has 1 heterocycles. The Hall–Kier alpha value is -2.10. The quantitative estimate of drug-likeness (QED) is 0.590. The average Bonchev–Trinajstić information content (AvgIpc) is 3.02. The summed E-state index contributed by atoms with van der Waals surface area (Å²) in [7, 11) is 0. The Labute approximate surface area is 159 Å². The van der Waals surface area contributed by atoms with Crippen LogP contribution in [0.5, 0.6) is 5.75 Å². The van der Waals surface area contributed by atoms with Crippen molar-refractivity contribution in [2.24, 2.45) is 5.73 Å². The fraction of sp³-hybridized carbons (Fsp3) is 0.611. The summed E-state index contributed by atoms with van der Waals surface area (Å²) in [6.07, 6.45) is -6.77.